The SMILES string of the molecule is COC1CC(O)(Cc2csc3ccccc23)C1. The Labute approximate surface area is 105 Å². The van der Waals surface area contributed by atoms with Crippen molar-refractivity contribution >= 4 is 21.4 Å². The Morgan fingerprint density at radius 1 is 1.41 bits per heavy atom. The topological polar surface area (TPSA) is 29.5 Å². The van der Waals surface area contributed by atoms with Crippen LogP contribution >= 0.6 is 11.3 Å². The molecule has 3 rings (SSSR count). The molecule has 17 heavy (non-hydrogen) atoms. The molecule has 0 aliphatic heterocycles. The molecule has 0 unspecified atom stereocenters. The van der Waals surface area contributed by atoms with Crippen LogP contribution in [0.25, 0.3) is 10.1 Å². The molecule has 1 saturated carbocycles. The van der Waals surface area contributed by atoms with Crippen molar-refractivity contribution in [2.45, 2.75) is 31.0 Å². The van der Waals surface area contributed by atoms with Crippen LogP contribution in [0, 0.1) is 0 Å². The van der Waals surface area contributed by atoms with Crippen molar-refractivity contribution in [2.75, 3.05) is 7.11 Å². The number of thiophene rings is 1. The van der Waals surface area contributed by atoms with E-state index >= 15 is 0 Å². The number of methoxy groups -OCH3 is 1. The molecule has 1 fully saturated rings. The molecule has 0 radical (unpaired) electrons. The van der Waals surface area contributed by atoms with E-state index < -0.39 is 5.60 Å². The monoisotopic (exact) mass is 248 g/mol. The molecule has 1 aromatic heterocycles. The molecule has 90 valence electrons. The highest BCUT2D eigenvalue weighted by atomic mass is 32.1. The summed E-state index contributed by atoms with van der Waals surface area (Å²) in [6.07, 6.45) is 2.50. The minimum Gasteiger partial charge on any atom is -0.389 e. The maximum atomic E-state index is 10.4. The third kappa shape index (κ3) is 1.99. The summed E-state index contributed by atoms with van der Waals surface area (Å²) in [5, 5.41) is 13.8. The molecule has 1 N–H and O–H groups in total. The molecule has 1 aromatic carbocycles. The molecular weight excluding hydrogens is 232 g/mol. The third-order valence-corrected chi connectivity index (χ3v) is 4.64. The smallest absolute Gasteiger partial charge is 0.0737 e. The number of hydrogen-bond donors (Lipinski definition) is 1. The van der Waals surface area contributed by atoms with Crippen LogP contribution in [0.1, 0.15) is 18.4 Å². The van der Waals surface area contributed by atoms with E-state index in [0.717, 1.165) is 19.3 Å². The van der Waals surface area contributed by atoms with Crippen LogP contribution in [0.3, 0.4) is 0 Å². The van der Waals surface area contributed by atoms with Gasteiger partial charge in [0.1, 0.15) is 0 Å². The number of benzene rings is 1. The van der Waals surface area contributed by atoms with E-state index in [1.807, 2.05) is 0 Å². The van der Waals surface area contributed by atoms with E-state index in [1.165, 1.54) is 15.6 Å². The van der Waals surface area contributed by atoms with Crippen LogP contribution in [-0.4, -0.2) is 23.9 Å². The highest BCUT2D eigenvalue weighted by Gasteiger charge is 2.43. The van der Waals surface area contributed by atoms with Gasteiger partial charge in [0.25, 0.3) is 0 Å². The summed E-state index contributed by atoms with van der Waals surface area (Å²) in [5.41, 5.74) is 0.715. The fraction of sp³-hybridized carbons (Fsp3) is 0.429. The van der Waals surface area contributed by atoms with Crippen LogP contribution in [-0.2, 0) is 11.2 Å². The van der Waals surface area contributed by atoms with E-state index in [9.17, 15) is 5.11 Å². The molecule has 1 aliphatic rings. The number of rotatable bonds is 3. The van der Waals surface area contributed by atoms with E-state index in [4.69, 9.17) is 4.74 Å². The Balaban J connectivity index is 1.82. The van der Waals surface area contributed by atoms with E-state index in [2.05, 4.69) is 29.6 Å². The average molecular weight is 248 g/mol. The van der Waals surface area contributed by atoms with Crippen LogP contribution in [0.4, 0.5) is 0 Å². The van der Waals surface area contributed by atoms with Gasteiger partial charge in [-0.15, -0.1) is 11.3 Å². The van der Waals surface area contributed by atoms with Crippen molar-refractivity contribution in [2.24, 2.45) is 0 Å². The third-order valence-electron chi connectivity index (χ3n) is 3.63. The first-order valence-electron chi connectivity index (χ1n) is 5.90. The fourth-order valence-electron chi connectivity index (χ4n) is 2.62. The molecule has 2 aromatic rings. The van der Waals surface area contributed by atoms with Gasteiger partial charge in [-0.1, -0.05) is 18.2 Å². The Morgan fingerprint density at radius 3 is 2.94 bits per heavy atom. The second-order valence-electron chi connectivity index (χ2n) is 4.92. The first-order valence-corrected chi connectivity index (χ1v) is 6.78. The second-order valence-corrected chi connectivity index (χ2v) is 5.84. The lowest BCUT2D eigenvalue weighted by molar-refractivity contribution is -0.126. The maximum Gasteiger partial charge on any atom is 0.0737 e. The highest BCUT2D eigenvalue weighted by Crippen LogP contribution is 2.39. The molecule has 1 heterocycles. The Morgan fingerprint density at radius 2 is 2.18 bits per heavy atom. The lowest BCUT2D eigenvalue weighted by Crippen LogP contribution is -2.49. The van der Waals surface area contributed by atoms with Crippen molar-refractivity contribution in [1.82, 2.24) is 0 Å². The van der Waals surface area contributed by atoms with Gasteiger partial charge >= 0.3 is 0 Å². The number of aliphatic hydroxyl groups is 1. The van der Waals surface area contributed by atoms with E-state index in [-0.39, 0.29) is 6.10 Å². The Hall–Kier alpha value is -0.900. The molecule has 0 spiro atoms. The highest BCUT2D eigenvalue weighted by molar-refractivity contribution is 7.17. The van der Waals surface area contributed by atoms with Gasteiger partial charge in [-0.3, -0.25) is 0 Å². The van der Waals surface area contributed by atoms with Crippen molar-refractivity contribution in [3.8, 4) is 0 Å². The molecule has 0 amide bonds. The maximum absolute atomic E-state index is 10.4. The molecule has 1 aliphatic carbocycles. The first kappa shape index (κ1) is 11.2. The van der Waals surface area contributed by atoms with Gasteiger partial charge in [0.05, 0.1) is 11.7 Å². The van der Waals surface area contributed by atoms with Gasteiger partial charge in [0.2, 0.25) is 0 Å². The van der Waals surface area contributed by atoms with Gasteiger partial charge in [-0.05, 0) is 22.4 Å². The fourth-order valence-corrected chi connectivity index (χ4v) is 3.59. The van der Waals surface area contributed by atoms with Crippen LogP contribution in [0.5, 0.6) is 0 Å². The summed E-state index contributed by atoms with van der Waals surface area (Å²) < 4.78 is 6.53. The quantitative estimate of drug-likeness (QED) is 0.905. The molecule has 0 atom stereocenters. The normalized spacial score (nSPS) is 28.2. The molecule has 3 heteroatoms. The lowest BCUT2D eigenvalue weighted by Gasteiger charge is -2.42. The average Bonchev–Trinajstić information content (AvgIpc) is 2.69. The van der Waals surface area contributed by atoms with Gasteiger partial charge in [0, 0.05) is 31.1 Å². The standard InChI is InChI=1S/C14H16O2S/c1-16-11-7-14(15,8-11)6-10-9-17-13-5-3-2-4-12(10)13/h2-5,9,11,15H,6-8H2,1H3. The zero-order valence-electron chi connectivity index (χ0n) is 9.85. The predicted octanol–water partition coefficient (Wildman–Crippen LogP) is 2.98. The molecule has 2 nitrogen and oxygen atoms in total. The van der Waals surface area contributed by atoms with Crippen molar-refractivity contribution in [3.05, 3.63) is 35.2 Å². The number of ether oxygens (including phenoxy) is 1. The minimum absolute atomic E-state index is 0.241. The molecule has 0 bridgehead atoms. The van der Waals surface area contributed by atoms with Crippen molar-refractivity contribution in [1.29, 1.82) is 0 Å². The number of hydrogen-bond acceptors (Lipinski definition) is 3. The summed E-state index contributed by atoms with van der Waals surface area (Å²) in [5.74, 6) is 0. The van der Waals surface area contributed by atoms with Gasteiger partial charge in [0.15, 0.2) is 0 Å². The Bertz CT molecular complexity index is 526. The summed E-state index contributed by atoms with van der Waals surface area (Å²) in [6.45, 7) is 0. The van der Waals surface area contributed by atoms with Gasteiger partial charge in [-0.2, -0.15) is 0 Å². The first-order chi connectivity index (χ1) is 8.20. The van der Waals surface area contributed by atoms with Crippen molar-refractivity contribution in [3.63, 3.8) is 0 Å². The zero-order valence-corrected chi connectivity index (χ0v) is 10.7. The van der Waals surface area contributed by atoms with Crippen LogP contribution < -0.4 is 0 Å². The number of fused-ring (bicyclic) bond motifs is 1. The van der Waals surface area contributed by atoms with Gasteiger partial charge < -0.3 is 9.84 Å². The van der Waals surface area contributed by atoms with Crippen molar-refractivity contribution < 1.29 is 9.84 Å². The summed E-state index contributed by atoms with van der Waals surface area (Å²) in [7, 11) is 1.71. The Kier molecular flexibility index (Phi) is 2.69. The predicted molar refractivity (Wildman–Crippen MR) is 70.5 cm³/mol. The van der Waals surface area contributed by atoms with Crippen LogP contribution in [0.15, 0.2) is 29.6 Å². The summed E-state index contributed by atoms with van der Waals surface area (Å²) in [6, 6.07) is 8.38. The summed E-state index contributed by atoms with van der Waals surface area (Å²) >= 11 is 1.75. The minimum atomic E-state index is -0.551. The lowest BCUT2D eigenvalue weighted by atomic mass is 9.74. The van der Waals surface area contributed by atoms with E-state index in [1.54, 1.807) is 18.4 Å². The second kappa shape index (κ2) is 4.09. The zero-order chi connectivity index (χ0) is 11.9. The van der Waals surface area contributed by atoms with Crippen LogP contribution in [0.2, 0.25) is 0 Å². The summed E-state index contributed by atoms with van der Waals surface area (Å²) in [4.78, 5) is 0. The van der Waals surface area contributed by atoms with E-state index in [0.29, 0.717) is 0 Å². The molecular formula is C14H16O2S. The molecule has 0 saturated heterocycles. The van der Waals surface area contributed by atoms with Gasteiger partial charge in [-0.25, -0.2) is 0 Å². The largest absolute Gasteiger partial charge is 0.389 e.